The molecule has 0 aliphatic carbocycles. The van der Waals surface area contributed by atoms with Crippen LogP contribution in [0.5, 0.6) is 0 Å². The summed E-state index contributed by atoms with van der Waals surface area (Å²) in [5, 5.41) is 10.2. The molecule has 16 heavy (non-hydrogen) atoms. The fraction of sp³-hybridized carbons (Fsp3) is 0.636. The minimum atomic E-state index is 0.0324. The van der Waals surface area contributed by atoms with E-state index in [9.17, 15) is 4.79 Å². The van der Waals surface area contributed by atoms with Crippen LogP contribution in [0.25, 0.3) is 0 Å². The van der Waals surface area contributed by atoms with Crippen LogP contribution >= 0.6 is 0 Å². The summed E-state index contributed by atoms with van der Waals surface area (Å²) in [6.07, 6.45) is 0.872. The number of aryl methyl sites for hydroxylation is 1. The average molecular weight is 222 g/mol. The third kappa shape index (κ3) is 2.09. The Morgan fingerprint density at radius 1 is 1.69 bits per heavy atom. The molecule has 1 unspecified atom stereocenters. The first-order valence-corrected chi connectivity index (χ1v) is 5.78. The van der Waals surface area contributed by atoms with Crippen LogP contribution in [0, 0.1) is 0 Å². The summed E-state index contributed by atoms with van der Waals surface area (Å²) in [5.74, 6) is 0.0324. The van der Waals surface area contributed by atoms with Crippen molar-refractivity contribution in [1.82, 2.24) is 20.4 Å². The number of carbonyl (C=O) groups is 1. The smallest absolute Gasteiger partial charge is 0.274 e. The first kappa shape index (κ1) is 11.1. The van der Waals surface area contributed by atoms with Gasteiger partial charge in [-0.05, 0) is 19.4 Å². The number of hydrogen-bond donors (Lipinski definition) is 2. The maximum atomic E-state index is 12.2. The molecular formula is C11H18N4O. The van der Waals surface area contributed by atoms with Crippen LogP contribution in [0.4, 0.5) is 0 Å². The Balaban J connectivity index is 2.11. The first-order chi connectivity index (χ1) is 7.72. The molecule has 5 nitrogen and oxygen atoms in total. The highest BCUT2D eigenvalue weighted by atomic mass is 16.2. The van der Waals surface area contributed by atoms with Crippen LogP contribution < -0.4 is 5.32 Å². The fourth-order valence-corrected chi connectivity index (χ4v) is 1.94. The molecule has 1 amide bonds. The Hall–Kier alpha value is -1.36. The molecule has 88 valence electrons. The standard InChI is InChI=1S/C11H18N4O/c1-3-9-6-10(14-13-9)11(16)15-5-4-12-7-8(15)2/h6,8,12H,3-5,7H2,1-2H3,(H,13,14). The third-order valence-corrected chi connectivity index (χ3v) is 2.99. The SMILES string of the molecule is CCc1cc(C(=O)N2CCNCC2C)n[nH]1. The maximum Gasteiger partial charge on any atom is 0.274 e. The van der Waals surface area contributed by atoms with Crippen LogP contribution in [-0.2, 0) is 6.42 Å². The van der Waals surface area contributed by atoms with Crippen molar-refractivity contribution in [1.29, 1.82) is 0 Å². The van der Waals surface area contributed by atoms with Crippen molar-refractivity contribution in [3.8, 4) is 0 Å². The lowest BCUT2D eigenvalue weighted by atomic mass is 10.2. The van der Waals surface area contributed by atoms with E-state index in [2.05, 4.69) is 22.4 Å². The van der Waals surface area contributed by atoms with Gasteiger partial charge in [0.1, 0.15) is 5.69 Å². The van der Waals surface area contributed by atoms with E-state index in [0.29, 0.717) is 5.69 Å². The summed E-state index contributed by atoms with van der Waals surface area (Å²) < 4.78 is 0. The number of H-pyrrole nitrogens is 1. The van der Waals surface area contributed by atoms with Gasteiger partial charge in [-0.2, -0.15) is 5.10 Å². The van der Waals surface area contributed by atoms with Crippen molar-refractivity contribution in [3.05, 3.63) is 17.5 Å². The Morgan fingerprint density at radius 2 is 2.50 bits per heavy atom. The largest absolute Gasteiger partial charge is 0.332 e. The molecule has 1 aliphatic heterocycles. The van der Waals surface area contributed by atoms with Gasteiger partial charge in [-0.1, -0.05) is 6.92 Å². The topological polar surface area (TPSA) is 61.0 Å². The van der Waals surface area contributed by atoms with Crippen LogP contribution in [0.15, 0.2) is 6.07 Å². The second-order valence-electron chi connectivity index (χ2n) is 4.18. The van der Waals surface area contributed by atoms with Gasteiger partial charge in [-0.3, -0.25) is 9.89 Å². The van der Waals surface area contributed by atoms with Gasteiger partial charge in [0.2, 0.25) is 0 Å². The van der Waals surface area contributed by atoms with E-state index >= 15 is 0 Å². The van der Waals surface area contributed by atoms with E-state index < -0.39 is 0 Å². The Morgan fingerprint density at radius 3 is 3.12 bits per heavy atom. The molecular weight excluding hydrogens is 204 g/mol. The minimum absolute atomic E-state index is 0.0324. The number of rotatable bonds is 2. The molecule has 2 heterocycles. The van der Waals surface area contributed by atoms with Crippen LogP contribution in [0.1, 0.15) is 30.0 Å². The molecule has 0 bridgehead atoms. The van der Waals surface area contributed by atoms with E-state index in [1.54, 1.807) is 0 Å². The number of nitrogens with one attached hydrogen (secondary N) is 2. The summed E-state index contributed by atoms with van der Waals surface area (Å²) in [7, 11) is 0. The summed E-state index contributed by atoms with van der Waals surface area (Å²) in [6.45, 7) is 6.57. The van der Waals surface area contributed by atoms with Crippen LogP contribution in [0.3, 0.4) is 0 Å². The molecule has 0 spiro atoms. The third-order valence-electron chi connectivity index (χ3n) is 2.99. The lowest BCUT2D eigenvalue weighted by Crippen LogP contribution is -2.52. The van der Waals surface area contributed by atoms with Crippen LogP contribution in [0.2, 0.25) is 0 Å². The summed E-state index contributed by atoms with van der Waals surface area (Å²) in [6, 6.07) is 2.08. The number of carbonyl (C=O) groups excluding carboxylic acids is 1. The molecule has 0 radical (unpaired) electrons. The van der Waals surface area contributed by atoms with E-state index in [1.807, 2.05) is 17.9 Å². The summed E-state index contributed by atoms with van der Waals surface area (Å²) in [5.41, 5.74) is 1.54. The number of nitrogens with zero attached hydrogens (tertiary/aromatic N) is 2. The van der Waals surface area contributed by atoms with Crippen molar-refractivity contribution in [2.45, 2.75) is 26.3 Å². The van der Waals surface area contributed by atoms with E-state index in [1.165, 1.54) is 0 Å². The van der Waals surface area contributed by atoms with E-state index in [4.69, 9.17) is 0 Å². The second kappa shape index (κ2) is 4.65. The zero-order chi connectivity index (χ0) is 11.5. The van der Waals surface area contributed by atoms with Crippen molar-refractivity contribution < 1.29 is 4.79 Å². The molecule has 1 atom stereocenters. The normalized spacial score (nSPS) is 21.1. The quantitative estimate of drug-likeness (QED) is 0.761. The molecule has 1 aromatic heterocycles. The highest BCUT2D eigenvalue weighted by Crippen LogP contribution is 2.09. The van der Waals surface area contributed by atoms with E-state index in [0.717, 1.165) is 31.7 Å². The van der Waals surface area contributed by atoms with Crippen molar-refractivity contribution >= 4 is 5.91 Å². The van der Waals surface area contributed by atoms with Crippen molar-refractivity contribution in [2.75, 3.05) is 19.6 Å². The predicted octanol–water partition coefficient (Wildman–Crippen LogP) is 0.406. The molecule has 1 saturated heterocycles. The highest BCUT2D eigenvalue weighted by molar-refractivity contribution is 5.92. The monoisotopic (exact) mass is 222 g/mol. The first-order valence-electron chi connectivity index (χ1n) is 5.78. The Labute approximate surface area is 95.2 Å². The van der Waals surface area contributed by atoms with E-state index in [-0.39, 0.29) is 11.9 Å². The number of amides is 1. The average Bonchev–Trinajstić information content (AvgIpc) is 2.77. The van der Waals surface area contributed by atoms with Gasteiger partial charge in [0, 0.05) is 31.4 Å². The van der Waals surface area contributed by atoms with Gasteiger partial charge in [0.05, 0.1) is 0 Å². The zero-order valence-electron chi connectivity index (χ0n) is 9.79. The lowest BCUT2D eigenvalue weighted by Gasteiger charge is -2.33. The van der Waals surface area contributed by atoms with Gasteiger partial charge < -0.3 is 10.2 Å². The molecule has 0 aromatic carbocycles. The molecule has 1 aliphatic rings. The van der Waals surface area contributed by atoms with Gasteiger partial charge in [0.25, 0.3) is 5.91 Å². The van der Waals surface area contributed by atoms with Crippen molar-refractivity contribution in [3.63, 3.8) is 0 Å². The van der Waals surface area contributed by atoms with Gasteiger partial charge in [-0.15, -0.1) is 0 Å². The highest BCUT2D eigenvalue weighted by Gasteiger charge is 2.25. The maximum absolute atomic E-state index is 12.2. The number of aromatic nitrogens is 2. The van der Waals surface area contributed by atoms with Crippen LogP contribution in [-0.4, -0.2) is 46.7 Å². The Kier molecular flexibility index (Phi) is 3.24. The molecule has 1 aromatic rings. The second-order valence-corrected chi connectivity index (χ2v) is 4.18. The summed E-state index contributed by atoms with van der Waals surface area (Å²) in [4.78, 5) is 14.0. The number of hydrogen-bond acceptors (Lipinski definition) is 3. The summed E-state index contributed by atoms with van der Waals surface area (Å²) >= 11 is 0. The van der Waals surface area contributed by atoms with Gasteiger partial charge in [0.15, 0.2) is 0 Å². The van der Waals surface area contributed by atoms with Gasteiger partial charge in [-0.25, -0.2) is 0 Å². The van der Waals surface area contributed by atoms with Gasteiger partial charge >= 0.3 is 0 Å². The Bertz CT molecular complexity index is 374. The molecule has 0 saturated carbocycles. The predicted molar refractivity (Wildman–Crippen MR) is 61.3 cm³/mol. The molecule has 5 heteroatoms. The zero-order valence-corrected chi connectivity index (χ0v) is 9.79. The fourth-order valence-electron chi connectivity index (χ4n) is 1.94. The molecule has 2 N–H and O–H groups in total. The number of piperazine rings is 1. The minimum Gasteiger partial charge on any atom is -0.332 e. The molecule has 2 rings (SSSR count). The van der Waals surface area contributed by atoms with Crippen molar-refractivity contribution in [2.24, 2.45) is 0 Å². The molecule has 1 fully saturated rings. The number of aromatic amines is 1. The lowest BCUT2D eigenvalue weighted by molar-refractivity contribution is 0.0649.